The summed E-state index contributed by atoms with van der Waals surface area (Å²) in [5, 5.41) is 12.7. The lowest BCUT2D eigenvalue weighted by Crippen LogP contribution is -2.06. The van der Waals surface area contributed by atoms with Crippen LogP contribution in [-0.4, -0.2) is 25.8 Å². The highest BCUT2D eigenvalue weighted by atomic mass is 16.4. The summed E-state index contributed by atoms with van der Waals surface area (Å²) in [6.45, 7) is 3.94. The molecule has 72 valence electrons. The van der Waals surface area contributed by atoms with Crippen LogP contribution in [0, 0.1) is 0 Å². The summed E-state index contributed by atoms with van der Waals surface area (Å²) in [6.07, 6.45) is -0.0732. The number of aromatic nitrogens is 3. The summed E-state index contributed by atoms with van der Waals surface area (Å²) in [7, 11) is 1.71. The first-order valence-electron chi connectivity index (χ1n) is 4.12. The Morgan fingerprint density at radius 1 is 1.62 bits per heavy atom. The van der Waals surface area contributed by atoms with Gasteiger partial charge in [0.1, 0.15) is 12.2 Å². The highest BCUT2D eigenvalue weighted by Crippen LogP contribution is 2.09. The van der Waals surface area contributed by atoms with Crippen LogP contribution in [0.5, 0.6) is 0 Å². The molecule has 1 aromatic heterocycles. The minimum Gasteiger partial charge on any atom is -0.481 e. The molecule has 0 aliphatic heterocycles. The summed E-state index contributed by atoms with van der Waals surface area (Å²) in [4.78, 5) is 14.5. The molecule has 1 aromatic rings. The van der Waals surface area contributed by atoms with Crippen LogP contribution < -0.4 is 0 Å². The molecule has 0 atom stereocenters. The van der Waals surface area contributed by atoms with E-state index in [9.17, 15) is 4.79 Å². The summed E-state index contributed by atoms with van der Waals surface area (Å²) in [5.74, 6) is 0.537. The Bertz CT molecular complexity index is 317. The molecule has 0 spiro atoms. The Morgan fingerprint density at radius 2 is 2.23 bits per heavy atom. The van der Waals surface area contributed by atoms with Gasteiger partial charge >= 0.3 is 5.97 Å². The van der Waals surface area contributed by atoms with Crippen molar-refractivity contribution in [2.45, 2.75) is 26.2 Å². The van der Waals surface area contributed by atoms with Crippen LogP contribution in [0.15, 0.2) is 0 Å². The van der Waals surface area contributed by atoms with E-state index in [1.165, 1.54) is 4.68 Å². The van der Waals surface area contributed by atoms with Crippen molar-refractivity contribution in [2.75, 3.05) is 0 Å². The van der Waals surface area contributed by atoms with Gasteiger partial charge in [-0.05, 0) is 0 Å². The van der Waals surface area contributed by atoms with E-state index in [0.717, 1.165) is 0 Å². The molecule has 0 bridgehead atoms. The Labute approximate surface area is 76.4 Å². The number of hydrogen-bond donors (Lipinski definition) is 1. The second-order valence-electron chi connectivity index (χ2n) is 3.24. The Hall–Kier alpha value is -1.39. The van der Waals surface area contributed by atoms with Crippen LogP contribution in [0.3, 0.4) is 0 Å². The van der Waals surface area contributed by atoms with Crippen LogP contribution >= 0.6 is 0 Å². The van der Waals surface area contributed by atoms with Crippen LogP contribution in [0.4, 0.5) is 0 Å². The molecular weight excluding hydrogens is 170 g/mol. The van der Waals surface area contributed by atoms with E-state index in [4.69, 9.17) is 5.11 Å². The van der Waals surface area contributed by atoms with Crippen molar-refractivity contribution in [3.63, 3.8) is 0 Å². The Balaban J connectivity index is 2.89. The van der Waals surface area contributed by atoms with Crippen molar-refractivity contribution in [3.8, 4) is 0 Å². The summed E-state index contributed by atoms with van der Waals surface area (Å²) in [5.41, 5.74) is 0. The monoisotopic (exact) mass is 183 g/mol. The number of carbonyl (C=O) groups is 1. The molecule has 1 rings (SSSR count). The van der Waals surface area contributed by atoms with E-state index in [1.54, 1.807) is 7.05 Å². The summed E-state index contributed by atoms with van der Waals surface area (Å²) < 4.78 is 1.52. The van der Waals surface area contributed by atoms with Crippen LogP contribution in [-0.2, 0) is 18.3 Å². The first-order chi connectivity index (χ1) is 6.00. The SMILES string of the molecule is CC(C)c1nc(CC(=O)O)n(C)n1. The molecule has 13 heavy (non-hydrogen) atoms. The molecule has 0 aliphatic carbocycles. The van der Waals surface area contributed by atoms with Crippen LogP contribution in [0.25, 0.3) is 0 Å². The number of rotatable bonds is 3. The van der Waals surface area contributed by atoms with Gasteiger partial charge in [0, 0.05) is 13.0 Å². The van der Waals surface area contributed by atoms with Gasteiger partial charge in [-0.1, -0.05) is 13.8 Å². The molecule has 0 unspecified atom stereocenters. The van der Waals surface area contributed by atoms with Crippen molar-refractivity contribution in [2.24, 2.45) is 7.05 Å². The predicted octanol–water partition coefficient (Wildman–Crippen LogP) is 0.566. The van der Waals surface area contributed by atoms with Crippen LogP contribution in [0.2, 0.25) is 0 Å². The summed E-state index contributed by atoms with van der Waals surface area (Å²) >= 11 is 0. The van der Waals surface area contributed by atoms with Gasteiger partial charge in [-0.15, -0.1) is 0 Å². The van der Waals surface area contributed by atoms with Gasteiger partial charge in [-0.25, -0.2) is 4.98 Å². The molecule has 0 saturated carbocycles. The third-order valence-electron chi connectivity index (χ3n) is 1.70. The average molecular weight is 183 g/mol. The molecule has 0 amide bonds. The molecule has 1 N–H and O–H groups in total. The van der Waals surface area contributed by atoms with Gasteiger partial charge < -0.3 is 5.11 Å². The molecule has 0 saturated heterocycles. The van der Waals surface area contributed by atoms with Crippen molar-refractivity contribution in [3.05, 3.63) is 11.6 Å². The highest BCUT2D eigenvalue weighted by Gasteiger charge is 2.12. The number of nitrogens with zero attached hydrogens (tertiary/aromatic N) is 3. The maximum Gasteiger partial charge on any atom is 0.311 e. The maximum atomic E-state index is 10.4. The Kier molecular flexibility index (Phi) is 2.65. The maximum absolute atomic E-state index is 10.4. The number of hydrogen-bond acceptors (Lipinski definition) is 3. The number of aliphatic carboxylic acids is 1. The molecule has 0 fully saturated rings. The molecular formula is C8H13N3O2. The zero-order valence-corrected chi connectivity index (χ0v) is 7.98. The van der Waals surface area contributed by atoms with Gasteiger partial charge in [0.05, 0.1) is 0 Å². The molecule has 0 aromatic carbocycles. The van der Waals surface area contributed by atoms with Gasteiger partial charge in [-0.3, -0.25) is 9.48 Å². The second-order valence-corrected chi connectivity index (χ2v) is 3.24. The van der Waals surface area contributed by atoms with Crippen molar-refractivity contribution < 1.29 is 9.90 Å². The van der Waals surface area contributed by atoms with E-state index in [1.807, 2.05) is 13.8 Å². The number of aryl methyl sites for hydroxylation is 1. The van der Waals surface area contributed by atoms with Crippen LogP contribution in [0.1, 0.15) is 31.4 Å². The largest absolute Gasteiger partial charge is 0.481 e. The topological polar surface area (TPSA) is 68.0 Å². The normalized spacial score (nSPS) is 10.8. The third-order valence-corrected chi connectivity index (χ3v) is 1.70. The van der Waals surface area contributed by atoms with Crippen molar-refractivity contribution in [1.29, 1.82) is 0 Å². The standard InChI is InChI=1S/C8H13N3O2/c1-5(2)8-9-6(4-7(12)13)11(3)10-8/h5H,4H2,1-3H3,(H,12,13). The fraction of sp³-hybridized carbons (Fsp3) is 0.625. The number of carboxylic acids is 1. The van der Waals surface area contributed by atoms with E-state index >= 15 is 0 Å². The quantitative estimate of drug-likeness (QED) is 0.743. The third kappa shape index (κ3) is 2.27. The van der Waals surface area contributed by atoms with Crippen molar-refractivity contribution >= 4 is 5.97 Å². The fourth-order valence-corrected chi connectivity index (χ4v) is 0.972. The second kappa shape index (κ2) is 3.55. The van der Waals surface area contributed by atoms with Gasteiger partial charge in [0.25, 0.3) is 0 Å². The molecule has 0 aliphatic rings. The lowest BCUT2D eigenvalue weighted by Gasteiger charge is -1.93. The van der Waals surface area contributed by atoms with Gasteiger partial charge in [0.15, 0.2) is 5.82 Å². The molecule has 5 nitrogen and oxygen atoms in total. The first kappa shape index (κ1) is 9.70. The van der Waals surface area contributed by atoms with E-state index in [-0.39, 0.29) is 12.3 Å². The summed E-state index contributed by atoms with van der Waals surface area (Å²) in [6, 6.07) is 0. The zero-order chi connectivity index (χ0) is 10.0. The van der Waals surface area contributed by atoms with E-state index < -0.39 is 5.97 Å². The Morgan fingerprint density at radius 3 is 2.62 bits per heavy atom. The molecule has 0 radical (unpaired) electrons. The lowest BCUT2D eigenvalue weighted by molar-refractivity contribution is -0.136. The zero-order valence-electron chi connectivity index (χ0n) is 7.98. The predicted molar refractivity (Wildman–Crippen MR) is 46.4 cm³/mol. The first-order valence-corrected chi connectivity index (χ1v) is 4.12. The molecule has 1 heterocycles. The lowest BCUT2D eigenvalue weighted by atomic mass is 10.2. The minimum absolute atomic E-state index is 0.0732. The molecule has 5 heteroatoms. The van der Waals surface area contributed by atoms with E-state index in [0.29, 0.717) is 11.6 Å². The minimum atomic E-state index is -0.884. The smallest absolute Gasteiger partial charge is 0.311 e. The van der Waals surface area contributed by atoms with E-state index in [2.05, 4.69) is 10.1 Å². The average Bonchev–Trinajstić information content (AvgIpc) is 2.31. The highest BCUT2D eigenvalue weighted by molar-refractivity contribution is 5.68. The van der Waals surface area contributed by atoms with Crippen molar-refractivity contribution in [1.82, 2.24) is 14.8 Å². The number of carboxylic acid groups (broad SMARTS) is 1. The fourth-order valence-electron chi connectivity index (χ4n) is 0.972. The van der Waals surface area contributed by atoms with Gasteiger partial charge in [0.2, 0.25) is 0 Å². The van der Waals surface area contributed by atoms with Gasteiger partial charge in [-0.2, -0.15) is 5.10 Å².